The highest BCUT2D eigenvalue weighted by molar-refractivity contribution is 7.09. The van der Waals surface area contributed by atoms with Crippen LogP contribution < -0.4 is 5.32 Å². The van der Waals surface area contributed by atoms with Crippen molar-refractivity contribution in [2.24, 2.45) is 5.92 Å². The Morgan fingerprint density at radius 2 is 2.09 bits per heavy atom. The molecule has 0 atom stereocenters. The van der Waals surface area contributed by atoms with Gasteiger partial charge in [-0.05, 0) is 61.5 Å². The van der Waals surface area contributed by atoms with Gasteiger partial charge in [-0.3, -0.25) is 9.69 Å². The Morgan fingerprint density at radius 3 is 2.78 bits per heavy atom. The van der Waals surface area contributed by atoms with Crippen LogP contribution in [0.25, 0.3) is 0 Å². The molecule has 23 heavy (non-hydrogen) atoms. The number of carbonyl (C=O) groups is 1. The second kappa shape index (κ2) is 7.70. The zero-order valence-corrected chi connectivity index (χ0v) is 13.8. The van der Waals surface area contributed by atoms with Gasteiger partial charge in [0.2, 0.25) is 0 Å². The molecule has 1 aromatic heterocycles. The minimum atomic E-state index is -0.375. The van der Waals surface area contributed by atoms with Gasteiger partial charge in [-0.1, -0.05) is 12.1 Å². The van der Waals surface area contributed by atoms with Crippen molar-refractivity contribution in [1.29, 1.82) is 0 Å². The number of likely N-dealkylation sites (tertiary alicyclic amines) is 1. The van der Waals surface area contributed by atoms with Gasteiger partial charge in [-0.25, -0.2) is 4.39 Å². The third-order valence-electron chi connectivity index (χ3n) is 4.30. The van der Waals surface area contributed by atoms with Crippen molar-refractivity contribution in [2.45, 2.75) is 19.4 Å². The molecule has 1 saturated heterocycles. The van der Waals surface area contributed by atoms with Gasteiger partial charge in [0.05, 0.1) is 0 Å². The molecule has 1 aromatic carbocycles. The summed E-state index contributed by atoms with van der Waals surface area (Å²) in [5, 5.41) is 5.05. The number of piperidine rings is 1. The van der Waals surface area contributed by atoms with Crippen LogP contribution in [0.1, 0.15) is 28.1 Å². The number of thiophene rings is 1. The Hall–Kier alpha value is -1.72. The molecule has 0 radical (unpaired) electrons. The number of carbonyl (C=O) groups excluding carboxylic acids is 1. The van der Waals surface area contributed by atoms with Gasteiger partial charge < -0.3 is 5.32 Å². The van der Waals surface area contributed by atoms with Crippen LogP contribution in [0.2, 0.25) is 0 Å². The largest absolute Gasteiger partial charge is 0.352 e. The molecular formula is C18H21FN2OS. The summed E-state index contributed by atoms with van der Waals surface area (Å²) < 4.78 is 13.1. The highest BCUT2D eigenvalue weighted by Gasteiger charge is 2.20. The van der Waals surface area contributed by atoms with E-state index in [1.807, 2.05) is 0 Å². The highest BCUT2D eigenvalue weighted by Crippen LogP contribution is 2.20. The SMILES string of the molecule is O=C(NCC1CCN(Cc2cccs2)CC1)c1cccc(F)c1. The smallest absolute Gasteiger partial charge is 0.251 e. The molecular weight excluding hydrogens is 311 g/mol. The van der Waals surface area contributed by atoms with Crippen LogP contribution in [0.15, 0.2) is 41.8 Å². The Kier molecular flexibility index (Phi) is 5.41. The summed E-state index contributed by atoms with van der Waals surface area (Å²) in [6.45, 7) is 3.83. The number of rotatable bonds is 5. The maximum atomic E-state index is 13.1. The lowest BCUT2D eigenvalue weighted by Crippen LogP contribution is -2.38. The first-order valence-corrected chi connectivity index (χ1v) is 8.87. The molecule has 0 saturated carbocycles. The van der Waals surface area contributed by atoms with E-state index in [9.17, 15) is 9.18 Å². The van der Waals surface area contributed by atoms with E-state index in [1.54, 1.807) is 23.5 Å². The molecule has 1 amide bonds. The quantitative estimate of drug-likeness (QED) is 0.908. The third-order valence-corrected chi connectivity index (χ3v) is 5.17. The van der Waals surface area contributed by atoms with Gasteiger partial charge in [0.15, 0.2) is 0 Å². The highest BCUT2D eigenvalue weighted by atomic mass is 32.1. The normalized spacial score (nSPS) is 16.4. The fourth-order valence-electron chi connectivity index (χ4n) is 2.94. The fourth-order valence-corrected chi connectivity index (χ4v) is 3.69. The first kappa shape index (κ1) is 16.1. The van der Waals surface area contributed by atoms with E-state index in [0.717, 1.165) is 32.5 Å². The monoisotopic (exact) mass is 332 g/mol. The summed E-state index contributed by atoms with van der Waals surface area (Å²) in [4.78, 5) is 15.9. The molecule has 1 aliphatic heterocycles. The van der Waals surface area contributed by atoms with Gasteiger partial charge in [0.1, 0.15) is 5.82 Å². The van der Waals surface area contributed by atoms with Gasteiger partial charge in [0, 0.05) is 23.5 Å². The lowest BCUT2D eigenvalue weighted by molar-refractivity contribution is 0.0935. The number of halogens is 1. The van der Waals surface area contributed by atoms with E-state index in [2.05, 4.69) is 27.7 Å². The van der Waals surface area contributed by atoms with Crippen molar-refractivity contribution in [1.82, 2.24) is 10.2 Å². The molecule has 1 aliphatic rings. The molecule has 2 heterocycles. The summed E-state index contributed by atoms with van der Waals surface area (Å²) in [6.07, 6.45) is 2.18. The summed E-state index contributed by atoms with van der Waals surface area (Å²) in [6, 6.07) is 10.1. The van der Waals surface area contributed by atoms with E-state index >= 15 is 0 Å². The van der Waals surface area contributed by atoms with E-state index in [-0.39, 0.29) is 11.7 Å². The molecule has 1 N–H and O–H groups in total. The van der Waals surface area contributed by atoms with Crippen molar-refractivity contribution in [2.75, 3.05) is 19.6 Å². The first-order valence-electron chi connectivity index (χ1n) is 7.99. The van der Waals surface area contributed by atoms with E-state index in [1.165, 1.54) is 17.0 Å². The standard InChI is InChI=1S/C18H21FN2OS/c19-16-4-1-3-15(11-16)18(22)20-12-14-6-8-21(9-7-14)13-17-5-2-10-23-17/h1-5,10-11,14H,6-9,12-13H2,(H,20,22). The van der Waals surface area contributed by atoms with Crippen LogP contribution >= 0.6 is 11.3 Å². The number of hydrogen-bond acceptors (Lipinski definition) is 3. The number of nitrogens with zero attached hydrogens (tertiary/aromatic N) is 1. The van der Waals surface area contributed by atoms with Crippen LogP contribution in [-0.4, -0.2) is 30.4 Å². The van der Waals surface area contributed by atoms with Crippen LogP contribution in [0, 0.1) is 11.7 Å². The molecule has 0 spiro atoms. The minimum Gasteiger partial charge on any atom is -0.352 e. The first-order chi connectivity index (χ1) is 11.2. The van der Waals surface area contributed by atoms with Crippen molar-refractivity contribution in [3.8, 4) is 0 Å². The maximum absolute atomic E-state index is 13.1. The summed E-state index contributed by atoms with van der Waals surface area (Å²) in [5.41, 5.74) is 0.389. The topological polar surface area (TPSA) is 32.3 Å². The molecule has 0 bridgehead atoms. The second-order valence-corrected chi connectivity index (χ2v) is 7.05. The van der Waals surface area contributed by atoms with Crippen molar-refractivity contribution < 1.29 is 9.18 Å². The number of amides is 1. The van der Waals surface area contributed by atoms with E-state index < -0.39 is 0 Å². The van der Waals surface area contributed by atoms with Crippen LogP contribution in [0.5, 0.6) is 0 Å². The van der Waals surface area contributed by atoms with Crippen LogP contribution in [-0.2, 0) is 6.54 Å². The number of nitrogens with one attached hydrogen (secondary N) is 1. The molecule has 3 rings (SSSR count). The second-order valence-electron chi connectivity index (χ2n) is 6.02. The Labute approximate surface area is 140 Å². The molecule has 0 unspecified atom stereocenters. The van der Waals surface area contributed by atoms with Gasteiger partial charge in [-0.15, -0.1) is 11.3 Å². The van der Waals surface area contributed by atoms with Crippen LogP contribution in [0.4, 0.5) is 4.39 Å². The lowest BCUT2D eigenvalue weighted by Gasteiger charge is -2.31. The van der Waals surface area contributed by atoms with E-state index in [0.29, 0.717) is 18.0 Å². The van der Waals surface area contributed by atoms with Gasteiger partial charge in [-0.2, -0.15) is 0 Å². The predicted octanol–water partition coefficient (Wildman–Crippen LogP) is 3.53. The minimum absolute atomic E-state index is 0.189. The zero-order chi connectivity index (χ0) is 16.1. The molecule has 0 aliphatic carbocycles. The average molecular weight is 332 g/mol. The maximum Gasteiger partial charge on any atom is 0.251 e. The summed E-state index contributed by atoms with van der Waals surface area (Å²) >= 11 is 1.80. The predicted molar refractivity (Wildman–Crippen MR) is 91.1 cm³/mol. The van der Waals surface area contributed by atoms with Crippen molar-refractivity contribution >= 4 is 17.2 Å². The van der Waals surface area contributed by atoms with Crippen molar-refractivity contribution in [3.05, 3.63) is 58.0 Å². The zero-order valence-electron chi connectivity index (χ0n) is 13.0. The lowest BCUT2D eigenvalue weighted by atomic mass is 9.96. The third kappa shape index (κ3) is 4.62. The summed E-state index contributed by atoms with van der Waals surface area (Å²) in [7, 11) is 0. The Morgan fingerprint density at radius 1 is 1.26 bits per heavy atom. The number of benzene rings is 1. The summed E-state index contributed by atoms with van der Waals surface area (Å²) in [5.74, 6) is -0.0582. The molecule has 5 heteroatoms. The number of hydrogen-bond donors (Lipinski definition) is 1. The van der Waals surface area contributed by atoms with Gasteiger partial charge >= 0.3 is 0 Å². The van der Waals surface area contributed by atoms with E-state index in [4.69, 9.17) is 0 Å². The van der Waals surface area contributed by atoms with Crippen molar-refractivity contribution in [3.63, 3.8) is 0 Å². The molecule has 2 aromatic rings. The Bertz CT molecular complexity index is 636. The molecule has 122 valence electrons. The van der Waals surface area contributed by atoms with Gasteiger partial charge in [0.25, 0.3) is 5.91 Å². The molecule has 3 nitrogen and oxygen atoms in total. The fraction of sp³-hybridized carbons (Fsp3) is 0.389. The van der Waals surface area contributed by atoms with Crippen LogP contribution in [0.3, 0.4) is 0 Å². The Balaban J connectivity index is 1.41. The average Bonchev–Trinajstić information content (AvgIpc) is 3.07. The molecule has 1 fully saturated rings.